The van der Waals surface area contributed by atoms with E-state index >= 15 is 0 Å². The van der Waals surface area contributed by atoms with Crippen LogP contribution in [0.2, 0.25) is 0 Å². The van der Waals surface area contributed by atoms with Gasteiger partial charge in [-0.3, -0.25) is 4.79 Å². The third-order valence-corrected chi connectivity index (χ3v) is 7.44. The number of hydrogen-bond donors (Lipinski definition) is 1. The zero-order valence-corrected chi connectivity index (χ0v) is 19.9. The van der Waals surface area contributed by atoms with E-state index in [1.165, 1.54) is 6.07 Å². The Hall–Kier alpha value is -3.36. The molecular formula is C26H27NO6S. The van der Waals surface area contributed by atoms with E-state index in [-0.39, 0.29) is 17.0 Å². The Balaban J connectivity index is 1.65. The number of aliphatic carboxylic acids is 1. The Morgan fingerprint density at radius 1 is 1.06 bits per heavy atom. The van der Waals surface area contributed by atoms with E-state index in [9.17, 15) is 18.3 Å². The van der Waals surface area contributed by atoms with Crippen LogP contribution < -0.4 is 9.47 Å². The van der Waals surface area contributed by atoms with Gasteiger partial charge < -0.3 is 14.6 Å². The second-order valence-electron chi connectivity index (χ2n) is 8.82. The lowest BCUT2D eigenvalue weighted by atomic mass is 9.94. The highest BCUT2D eigenvalue weighted by molar-refractivity contribution is 7.89. The van der Waals surface area contributed by atoms with E-state index < -0.39 is 22.5 Å². The van der Waals surface area contributed by atoms with Crippen molar-refractivity contribution in [1.29, 1.82) is 0 Å². The van der Waals surface area contributed by atoms with Gasteiger partial charge in [0.25, 0.3) is 0 Å². The molecule has 0 saturated heterocycles. The summed E-state index contributed by atoms with van der Waals surface area (Å²) in [4.78, 5) is 11.6. The topological polar surface area (TPSA) is 93.1 Å². The van der Waals surface area contributed by atoms with Gasteiger partial charge in [0.2, 0.25) is 10.0 Å². The summed E-state index contributed by atoms with van der Waals surface area (Å²) in [5, 5.41) is 9.47. The van der Waals surface area contributed by atoms with Crippen molar-refractivity contribution in [1.82, 2.24) is 4.31 Å². The number of carboxylic acid groups (broad SMARTS) is 1. The molecule has 178 valence electrons. The van der Waals surface area contributed by atoms with Gasteiger partial charge in [-0.05, 0) is 68.7 Å². The van der Waals surface area contributed by atoms with Crippen molar-refractivity contribution in [3.05, 3.63) is 83.9 Å². The van der Waals surface area contributed by atoms with Gasteiger partial charge in [0.1, 0.15) is 29.4 Å². The molecule has 0 spiro atoms. The molecule has 3 aromatic carbocycles. The highest BCUT2D eigenvalue weighted by Gasteiger charge is 2.31. The molecule has 0 aromatic heterocycles. The minimum Gasteiger partial charge on any atom is -0.488 e. The quantitative estimate of drug-likeness (QED) is 0.494. The highest BCUT2D eigenvalue weighted by Crippen LogP contribution is 2.35. The largest absolute Gasteiger partial charge is 0.488 e. The van der Waals surface area contributed by atoms with Crippen LogP contribution in [0.4, 0.5) is 0 Å². The molecule has 0 amide bonds. The van der Waals surface area contributed by atoms with Crippen LogP contribution in [0.15, 0.2) is 77.7 Å². The first-order valence-electron chi connectivity index (χ1n) is 11.0. The molecular weight excluding hydrogens is 454 g/mol. The third kappa shape index (κ3) is 5.40. The molecule has 3 aromatic rings. The number of carbonyl (C=O) groups is 1. The molecule has 0 radical (unpaired) electrons. The molecule has 1 aliphatic rings. The van der Waals surface area contributed by atoms with E-state index in [4.69, 9.17) is 9.47 Å². The molecule has 1 heterocycles. The maximum Gasteiger partial charge on any atom is 0.318 e. The molecule has 7 nitrogen and oxygen atoms in total. The minimum absolute atomic E-state index is 0.0391. The van der Waals surface area contributed by atoms with Gasteiger partial charge in [0.15, 0.2) is 0 Å². The predicted octanol–water partition coefficient (Wildman–Crippen LogP) is 4.86. The smallest absolute Gasteiger partial charge is 0.318 e. The monoisotopic (exact) mass is 481 g/mol. The van der Waals surface area contributed by atoms with Crippen LogP contribution in [-0.2, 0) is 27.8 Å². The van der Waals surface area contributed by atoms with E-state index in [1.54, 1.807) is 48.5 Å². The molecule has 0 saturated carbocycles. The summed E-state index contributed by atoms with van der Waals surface area (Å²) in [5.74, 6) is 0.468. The van der Waals surface area contributed by atoms with Crippen LogP contribution in [-0.4, -0.2) is 35.9 Å². The lowest BCUT2D eigenvalue weighted by molar-refractivity contribution is -0.137. The number of aryl methyl sites for hydroxylation is 1. The number of hydrogen-bond acceptors (Lipinski definition) is 5. The molecule has 4 rings (SSSR count). The summed E-state index contributed by atoms with van der Waals surface area (Å²) >= 11 is 0. The second kappa shape index (κ2) is 9.48. The summed E-state index contributed by atoms with van der Waals surface area (Å²) in [7, 11) is -4.10. The minimum atomic E-state index is -4.10. The van der Waals surface area contributed by atoms with Crippen LogP contribution in [0.5, 0.6) is 17.2 Å². The summed E-state index contributed by atoms with van der Waals surface area (Å²) in [6, 6.07) is 20.8. The Kier molecular flexibility index (Phi) is 6.63. The van der Waals surface area contributed by atoms with E-state index in [0.29, 0.717) is 29.2 Å². The molecule has 1 aliphatic heterocycles. The van der Waals surface area contributed by atoms with Crippen LogP contribution in [0.25, 0.3) is 0 Å². The number of rotatable bonds is 8. The third-order valence-electron chi connectivity index (χ3n) is 5.65. The van der Waals surface area contributed by atoms with Crippen molar-refractivity contribution in [2.24, 2.45) is 0 Å². The fourth-order valence-corrected chi connectivity index (χ4v) is 5.28. The van der Waals surface area contributed by atoms with Crippen LogP contribution in [0, 0.1) is 0 Å². The number of ether oxygens (including phenoxy) is 2. The number of benzene rings is 3. The van der Waals surface area contributed by atoms with Crippen molar-refractivity contribution >= 4 is 16.0 Å². The first-order chi connectivity index (χ1) is 16.1. The Labute approximate surface area is 199 Å². The highest BCUT2D eigenvalue weighted by atomic mass is 32.2. The Morgan fingerprint density at radius 3 is 2.50 bits per heavy atom. The van der Waals surface area contributed by atoms with Gasteiger partial charge in [-0.1, -0.05) is 36.4 Å². The average molecular weight is 482 g/mol. The zero-order valence-electron chi connectivity index (χ0n) is 19.1. The van der Waals surface area contributed by atoms with E-state index in [0.717, 1.165) is 16.3 Å². The maximum absolute atomic E-state index is 13.5. The van der Waals surface area contributed by atoms with E-state index in [2.05, 4.69) is 0 Å². The van der Waals surface area contributed by atoms with Gasteiger partial charge in [-0.2, -0.15) is 4.31 Å². The number of para-hydroxylation sites is 2. The number of fused-ring (bicyclic) bond motifs is 1. The molecule has 1 N–H and O–H groups in total. The van der Waals surface area contributed by atoms with Crippen molar-refractivity contribution in [3.63, 3.8) is 0 Å². The summed E-state index contributed by atoms with van der Waals surface area (Å²) in [5.41, 5.74) is 1.04. The molecule has 8 heteroatoms. The van der Waals surface area contributed by atoms with Crippen LogP contribution in [0.3, 0.4) is 0 Å². The van der Waals surface area contributed by atoms with Crippen molar-refractivity contribution in [3.8, 4) is 17.2 Å². The molecule has 0 bridgehead atoms. The van der Waals surface area contributed by atoms with Gasteiger partial charge in [-0.15, -0.1) is 0 Å². The zero-order chi connectivity index (χ0) is 24.3. The lowest BCUT2D eigenvalue weighted by Crippen LogP contribution is -2.36. The Morgan fingerprint density at radius 2 is 1.76 bits per heavy atom. The van der Waals surface area contributed by atoms with Crippen molar-refractivity contribution in [2.75, 3.05) is 6.54 Å². The number of nitrogens with zero attached hydrogens (tertiary/aromatic N) is 1. The van der Waals surface area contributed by atoms with Gasteiger partial charge in [0.05, 0.1) is 4.90 Å². The molecule has 0 atom stereocenters. The molecule has 0 fully saturated rings. The summed E-state index contributed by atoms with van der Waals surface area (Å²) < 4.78 is 39.9. The van der Waals surface area contributed by atoms with Crippen LogP contribution >= 0.6 is 0 Å². The normalized spacial score (nSPS) is 14.8. The Bertz CT molecular complexity index is 1290. The van der Waals surface area contributed by atoms with Crippen LogP contribution in [0.1, 0.15) is 31.4 Å². The lowest BCUT2D eigenvalue weighted by Gasteiger charge is -2.33. The van der Waals surface area contributed by atoms with E-state index in [1.807, 2.05) is 32.0 Å². The SMILES string of the molecule is CC1(C)CCc2cc(S(=O)(=O)N(CC(=O)O)Cc3ccccc3Oc3ccccc3)ccc2O1. The maximum atomic E-state index is 13.5. The van der Waals surface area contributed by atoms with Gasteiger partial charge >= 0.3 is 5.97 Å². The van der Waals surface area contributed by atoms with Crippen molar-refractivity contribution in [2.45, 2.75) is 43.7 Å². The average Bonchev–Trinajstić information content (AvgIpc) is 2.79. The van der Waals surface area contributed by atoms with Crippen molar-refractivity contribution < 1.29 is 27.8 Å². The number of sulfonamides is 1. The molecule has 0 aliphatic carbocycles. The molecule has 0 unspecified atom stereocenters. The first kappa shape index (κ1) is 23.8. The molecule has 34 heavy (non-hydrogen) atoms. The fraction of sp³-hybridized carbons (Fsp3) is 0.269. The van der Waals surface area contributed by atoms with Gasteiger partial charge in [0, 0.05) is 12.1 Å². The standard InChI is InChI=1S/C26H27NO6S/c1-26(2)15-14-19-16-22(12-13-24(19)33-26)34(30,31)27(18-25(28)29)17-20-8-6-7-11-23(20)32-21-9-4-3-5-10-21/h3-13,16H,14-15,17-18H2,1-2H3,(H,28,29). The summed E-state index contributed by atoms with van der Waals surface area (Å²) in [6.45, 7) is 3.15. The predicted molar refractivity (Wildman–Crippen MR) is 128 cm³/mol. The summed E-state index contributed by atoms with van der Waals surface area (Å²) in [6.07, 6.45) is 1.44. The first-order valence-corrected chi connectivity index (χ1v) is 12.4. The number of carboxylic acids is 1. The second-order valence-corrected chi connectivity index (χ2v) is 10.8. The fourth-order valence-electron chi connectivity index (χ4n) is 3.86. The van der Waals surface area contributed by atoms with Gasteiger partial charge in [-0.25, -0.2) is 8.42 Å².